The molecule has 112 valence electrons. The van der Waals surface area contributed by atoms with E-state index in [1.54, 1.807) is 6.92 Å². The zero-order chi connectivity index (χ0) is 15.7. The lowest BCUT2D eigenvalue weighted by atomic mass is 10.1. The second kappa shape index (κ2) is 8.50. The van der Waals surface area contributed by atoms with E-state index in [2.05, 4.69) is 10.3 Å². The molecule has 0 saturated heterocycles. The van der Waals surface area contributed by atoms with Crippen molar-refractivity contribution < 1.29 is 24.2 Å². The summed E-state index contributed by atoms with van der Waals surface area (Å²) in [5.41, 5.74) is 0.842. The van der Waals surface area contributed by atoms with Crippen molar-refractivity contribution in [1.82, 2.24) is 5.32 Å². The van der Waals surface area contributed by atoms with Crippen molar-refractivity contribution in [3.05, 3.63) is 35.9 Å². The van der Waals surface area contributed by atoms with E-state index < -0.39 is 24.1 Å². The Hall–Kier alpha value is -2.66. The van der Waals surface area contributed by atoms with Crippen LogP contribution in [0.2, 0.25) is 0 Å². The van der Waals surface area contributed by atoms with E-state index in [-0.39, 0.29) is 13.0 Å². The van der Waals surface area contributed by atoms with Crippen LogP contribution < -0.4 is 5.32 Å². The second-order valence-electron chi connectivity index (χ2n) is 4.42. The summed E-state index contributed by atoms with van der Waals surface area (Å²) in [6.07, 6.45) is 0.520. The molecule has 1 aromatic carbocycles. The van der Waals surface area contributed by atoms with Crippen molar-refractivity contribution in [1.29, 1.82) is 0 Å². The number of nitrogens with zero attached hydrogens (tertiary/aromatic N) is 1. The number of benzene rings is 1. The maximum atomic E-state index is 11.5. The van der Waals surface area contributed by atoms with Gasteiger partial charge in [-0.1, -0.05) is 30.3 Å². The molecule has 2 N–H and O–H groups in total. The number of carbonyl (C=O) groups excluding carboxylic acids is 2. The fourth-order valence-electron chi connectivity index (χ4n) is 1.63. The third kappa shape index (κ3) is 6.35. The van der Waals surface area contributed by atoms with Gasteiger partial charge in [-0.15, -0.1) is 0 Å². The highest BCUT2D eigenvalue weighted by Crippen LogP contribution is 2.04. The van der Waals surface area contributed by atoms with E-state index in [9.17, 15) is 14.4 Å². The highest BCUT2D eigenvalue weighted by atomic mass is 16.5. The van der Waals surface area contributed by atoms with E-state index >= 15 is 0 Å². The van der Waals surface area contributed by atoms with Crippen molar-refractivity contribution in [2.75, 3.05) is 0 Å². The van der Waals surface area contributed by atoms with Crippen molar-refractivity contribution in [3.63, 3.8) is 0 Å². The van der Waals surface area contributed by atoms with E-state index in [1.165, 1.54) is 6.08 Å². The highest BCUT2D eigenvalue weighted by molar-refractivity contribution is 5.75. The van der Waals surface area contributed by atoms with Gasteiger partial charge in [0.15, 0.2) is 6.04 Å². The molecule has 0 spiro atoms. The number of alkyl carbamates (subject to hydrolysis) is 1. The minimum absolute atomic E-state index is 0.0228. The fraction of sp³-hybridized carbons (Fsp3) is 0.357. The number of carboxylic acid groups (broad SMARTS) is 1. The van der Waals surface area contributed by atoms with Crippen LogP contribution in [0.1, 0.15) is 18.9 Å². The van der Waals surface area contributed by atoms with E-state index in [1.807, 2.05) is 30.3 Å². The summed E-state index contributed by atoms with van der Waals surface area (Å²) in [5, 5.41) is 11.3. The Balaban J connectivity index is 2.39. The summed E-state index contributed by atoms with van der Waals surface area (Å²) in [7, 11) is 0. The molecule has 0 aliphatic heterocycles. The lowest BCUT2D eigenvalue weighted by Crippen LogP contribution is -2.37. The molecule has 0 saturated carbocycles. The second-order valence-corrected chi connectivity index (χ2v) is 4.42. The molecule has 21 heavy (non-hydrogen) atoms. The van der Waals surface area contributed by atoms with Gasteiger partial charge in [0.2, 0.25) is 6.08 Å². The number of hydrogen-bond donors (Lipinski definition) is 2. The van der Waals surface area contributed by atoms with Gasteiger partial charge in [-0.05, 0) is 12.5 Å². The first-order valence-electron chi connectivity index (χ1n) is 6.30. The molecule has 1 aromatic rings. The molecule has 2 atom stereocenters. The number of carbonyl (C=O) groups is 2. The Bertz CT molecular complexity index is 523. The molecular formula is C14H16N2O5. The first-order valence-corrected chi connectivity index (χ1v) is 6.30. The molecule has 1 rings (SSSR count). The molecule has 0 aliphatic rings. The van der Waals surface area contributed by atoms with Crippen LogP contribution in [0.3, 0.4) is 0 Å². The molecule has 0 bridgehead atoms. The minimum atomic E-state index is -1.25. The Morgan fingerprint density at radius 3 is 2.62 bits per heavy atom. The zero-order valence-electron chi connectivity index (χ0n) is 11.5. The smallest absolute Gasteiger partial charge is 0.407 e. The molecule has 0 aromatic heterocycles. The molecule has 0 heterocycles. The topological polar surface area (TPSA) is 105 Å². The number of hydrogen-bond acceptors (Lipinski definition) is 5. The average Bonchev–Trinajstić information content (AvgIpc) is 2.45. The number of ether oxygens (including phenoxy) is 1. The molecular weight excluding hydrogens is 276 g/mol. The number of nitrogens with one attached hydrogen (secondary N) is 1. The predicted molar refractivity (Wildman–Crippen MR) is 73.4 cm³/mol. The summed E-state index contributed by atoms with van der Waals surface area (Å²) in [5.74, 6) is -1.25. The molecule has 7 nitrogen and oxygen atoms in total. The zero-order valence-corrected chi connectivity index (χ0v) is 11.5. The molecule has 0 fully saturated rings. The van der Waals surface area contributed by atoms with Gasteiger partial charge < -0.3 is 15.2 Å². The molecule has 1 amide bonds. The van der Waals surface area contributed by atoms with Gasteiger partial charge in [0.05, 0.1) is 0 Å². The third-order valence-electron chi connectivity index (χ3n) is 2.65. The Morgan fingerprint density at radius 1 is 1.38 bits per heavy atom. The van der Waals surface area contributed by atoms with Crippen molar-refractivity contribution in [2.45, 2.75) is 32.0 Å². The average molecular weight is 292 g/mol. The van der Waals surface area contributed by atoms with Crippen LogP contribution in [-0.4, -0.2) is 35.3 Å². The standard InChI is InChI=1S/C14H16N2O5/c1-10(7-12(13(18)19)15-9-17)16-14(20)21-8-11-5-3-2-4-6-11/h2-6,10,12H,7-8H2,1H3,(H,16,20)(H,18,19)/t10-,12+/m0/s1. The largest absolute Gasteiger partial charge is 0.480 e. The summed E-state index contributed by atoms with van der Waals surface area (Å²) >= 11 is 0. The minimum Gasteiger partial charge on any atom is -0.480 e. The monoisotopic (exact) mass is 292 g/mol. The van der Waals surface area contributed by atoms with Gasteiger partial charge in [0.25, 0.3) is 0 Å². The number of rotatable bonds is 7. The molecule has 0 radical (unpaired) electrons. The lowest BCUT2D eigenvalue weighted by Gasteiger charge is -2.15. The van der Waals surface area contributed by atoms with Crippen molar-refractivity contribution in [2.24, 2.45) is 4.99 Å². The summed E-state index contributed by atoms with van der Waals surface area (Å²) in [6.45, 7) is 1.72. The van der Waals surface area contributed by atoms with Gasteiger partial charge in [-0.2, -0.15) is 4.99 Å². The van der Waals surface area contributed by atoms with E-state index in [0.717, 1.165) is 5.56 Å². The van der Waals surface area contributed by atoms with Gasteiger partial charge in [-0.3, -0.25) is 0 Å². The molecule has 0 unspecified atom stereocenters. The number of aliphatic carboxylic acids is 1. The van der Waals surface area contributed by atoms with E-state index in [4.69, 9.17) is 9.84 Å². The van der Waals surface area contributed by atoms with Crippen LogP contribution in [0.15, 0.2) is 35.3 Å². The van der Waals surface area contributed by atoms with Gasteiger partial charge >= 0.3 is 12.1 Å². The van der Waals surface area contributed by atoms with Gasteiger partial charge in [0.1, 0.15) is 6.61 Å². The number of aliphatic imine (C=N–C) groups is 1. The molecule has 0 aliphatic carbocycles. The van der Waals surface area contributed by atoms with Gasteiger partial charge in [0, 0.05) is 12.5 Å². The van der Waals surface area contributed by atoms with Crippen LogP contribution in [-0.2, 0) is 20.9 Å². The summed E-state index contributed by atoms with van der Waals surface area (Å²) in [6, 6.07) is 7.40. The lowest BCUT2D eigenvalue weighted by molar-refractivity contribution is -0.138. The maximum Gasteiger partial charge on any atom is 0.407 e. The quantitative estimate of drug-likeness (QED) is 0.585. The van der Waals surface area contributed by atoms with Crippen LogP contribution in [0.5, 0.6) is 0 Å². The van der Waals surface area contributed by atoms with Gasteiger partial charge in [-0.25, -0.2) is 14.4 Å². The fourth-order valence-corrected chi connectivity index (χ4v) is 1.63. The summed E-state index contributed by atoms with van der Waals surface area (Å²) < 4.78 is 5.00. The van der Waals surface area contributed by atoms with Crippen LogP contribution in [0.4, 0.5) is 4.79 Å². The number of carboxylic acids is 1. The maximum absolute atomic E-state index is 11.5. The summed E-state index contributed by atoms with van der Waals surface area (Å²) in [4.78, 5) is 35.6. The van der Waals surface area contributed by atoms with E-state index in [0.29, 0.717) is 0 Å². The van der Waals surface area contributed by atoms with Crippen molar-refractivity contribution in [3.8, 4) is 0 Å². The van der Waals surface area contributed by atoms with Crippen LogP contribution in [0.25, 0.3) is 0 Å². The predicted octanol–water partition coefficient (Wildman–Crippen LogP) is 1.48. The van der Waals surface area contributed by atoms with Crippen LogP contribution in [0, 0.1) is 0 Å². The third-order valence-corrected chi connectivity index (χ3v) is 2.65. The van der Waals surface area contributed by atoms with Crippen LogP contribution >= 0.6 is 0 Å². The Labute approximate surface area is 121 Å². The normalized spacial score (nSPS) is 12.6. The Morgan fingerprint density at radius 2 is 2.05 bits per heavy atom. The SMILES string of the molecule is C[C@@H](C[C@@H](N=C=O)C(=O)O)NC(=O)OCc1ccccc1. The first kappa shape index (κ1) is 16.4. The Kier molecular flexibility index (Phi) is 6.63. The first-order chi connectivity index (χ1) is 10.0. The number of amides is 1. The number of isocyanates is 1. The highest BCUT2D eigenvalue weighted by Gasteiger charge is 2.21. The molecule has 7 heteroatoms. The van der Waals surface area contributed by atoms with Crippen molar-refractivity contribution >= 4 is 18.1 Å².